The number of nitrogens with zero attached hydrogens (tertiary/aromatic N) is 3. The maximum absolute atomic E-state index is 13.2. The molecule has 0 radical (unpaired) electrons. The fourth-order valence-corrected chi connectivity index (χ4v) is 4.17. The Morgan fingerprint density at radius 1 is 1.20 bits per heavy atom. The van der Waals surface area contributed by atoms with E-state index in [1.807, 2.05) is 39.8 Å². The lowest BCUT2D eigenvalue weighted by atomic mass is 10.1. The Balaban J connectivity index is 2.13. The highest BCUT2D eigenvalue weighted by atomic mass is 32.1. The molecule has 1 amide bonds. The zero-order valence-electron chi connectivity index (χ0n) is 15.1. The minimum Gasteiger partial charge on any atom is -0.308 e. The zero-order valence-corrected chi connectivity index (χ0v) is 15.9. The fraction of sp³-hybridized carbons (Fsp3) is 0.316. The monoisotopic (exact) mass is 355 g/mol. The maximum Gasteiger partial charge on any atom is 0.268 e. The molecule has 3 rings (SSSR count). The number of fused-ring (bicyclic) bond motifs is 1. The molecule has 0 spiro atoms. The highest BCUT2D eigenvalue weighted by Gasteiger charge is 2.24. The average molecular weight is 355 g/mol. The van der Waals surface area contributed by atoms with Crippen molar-refractivity contribution in [1.82, 2.24) is 9.55 Å². The van der Waals surface area contributed by atoms with E-state index in [2.05, 4.69) is 11.1 Å². The van der Waals surface area contributed by atoms with Crippen LogP contribution >= 0.6 is 11.3 Å². The van der Waals surface area contributed by atoms with Crippen LogP contribution < -0.4 is 10.5 Å². The number of anilines is 1. The van der Waals surface area contributed by atoms with Crippen molar-refractivity contribution < 1.29 is 4.79 Å². The first-order chi connectivity index (χ1) is 11.8. The Hall–Kier alpha value is -2.47. The summed E-state index contributed by atoms with van der Waals surface area (Å²) in [5.41, 5.74) is 3.70. The molecule has 0 bridgehead atoms. The lowest BCUT2D eigenvalue weighted by Crippen LogP contribution is -2.30. The molecule has 0 N–H and O–H groups in total. The molecule has 0 saturated carbocycles. The Labute approximate surface area is 150 Å². The van der Waals surface area contributed by atoms with Crippen LogP contribution in [0.5, 0.6) is 0 Å². The molecule has 0 aliphatic heterocycles. The quantitative estimate of drug-likeness (QED) is 0.721. The van der Waals surface area contributed by atoms with Gasteiger partial charge in [0.1, 0.15) is 4.83 Å². The van der Waals surface area contributed by atoms with Gasteiger partial charge in [-0.2, -0.15) is 0 Å². The van der Waals surface area contributed by atoms with E-state index in [-0.39, 0.29) is 11.5 Å². The van der Waals surface area contributed by atoms with E-state index in [0.29, 0.717) is 27.2 Å². The summed E-state index contributed by atoms with van der Waals surface area (Å²) in [5, 5.41) is 0.537. The molecular weight excluding hydrogens is 334 g/mol. The molecule has 0 atom stereocenters. The predicted molar refractivity (Wildman–Crippen MR) is 103 cm³/mol. The van der Waals surface area contributed by atoms with E-state index < -0.39 is 0 Å². The third kappa shape index (κ3) is 2.98. The number of carbonyl (C=O) groups is 1. The van der Waals surface area contributed by atoms with Crippen molar-refractivity contribution in [2.24, 2.45) is 7.05 Å². The second kappa shape index (κ2) is 6.44. The molecule has 25 heavy (non-hydrogen) atoms. The molecule has 0 saturated heterocycles. The van der Waals surface area contributed by atoms with E-state index in [4.69, 9.17) is 0 Å². The molecule has 130 valence electrons. The number of rotatable bonds is 3. The second-order valence-corrected chi connectivity index (χ2v) is 7.29. The van der Waals surface area contributed by atoms with E-state index in [0.717, 1.165) is 16.8 Å². The molecule has 5 nitrogen and oxygen atoms in total. The van der Waals surface area contributed by atoms with Gasteiger partial charge < -0.3 is 9.47 Å². The molecular formula is C19H21N3O2S. The van der Waals surface area contributed by atoms with E-state index >= 15 is 0 Å². The summed E-state index contributed by atoms with van der Waals surface area (Å²) in [5.74, 6) is -0.0879. The van der Waals surface area contributed by atoms with Gasteiger partial charge in [0, 0.05) is 19.3 Å². The lowest BCUT2D eigenvalue weighted by Gasteiger charge is -2.22. The molecule has 0 unspecified atom stereocenters. The number of hydrogen-bond acceptors (Lipinski definition) is 4. The van der Waals surface area contributed by atoms with E-state index in [1.54, 1.807) is 11.9 Å². The van der Waals surface area contributed by atoms with Crippen molar-refractivity contribution in [3.05, 3.63) is 56.4 Å². The van der Waals surface area contributed by atoms with Crippen LogP contribution in [0.2, 0.25) is 0 Å². The number of aromatic nitrogens is 2. The van der Waals surface area contributed by atoms with Crippen LogP contribution in [0.15, 0.2) is 29.3 Å². The van der Waals surface area contributed by atoms with Crippen molar-refractivity contribution in [2.75, 3.05) is 11.4 Å². The van der Waals surface area contributed by atoms with Crippen molar-refractivity contribution in [2.45, 2.75) is 27.7 Å². The van der Waals surface area contributed by atoms with Crippen LogP contribution in [-0.4, -0.2) is 22.0 Å². The van der Waals surface area contributed by atoms with Gasteiger partial charge in [-0.25, -0.2) is 4.98 Å². The largest absolute Gasteiger partial charge is 0.308 e. The van der Waals surface area contributed by atoms with Gasteiger partial charge in [0.25, 0.3) is 11.5 Å². The molecule has 1 aromatic carbocycles. The summed E-state index contributed by atoms with van der Waals surface area (Å²) in [6, 6.07) is 6.10. The Bertz CT molecular complexity index is 1010. The number of hydrogen-bond donors (Lipinski definition) is 0. The van der Waals surface area contributed by atoms with E-state index in [9.17, 15) is 9.59 Å². The third-order valence-corrected chi connectivity index (χ3v) is 5.47. The average Bonchev–Trinajstić information content (AvgIpc) is 2.88. The second-order valence-electron chi connectivity index (χ2n) is 6.29. The van der Waals surface area contributed by atoms with Crippen LogP contribution in [0.1, 0.15) is 33.3 Å². The Kier molecular flexibility index (Phi) is 4.47. The van der Waals surface area contributed by atoms with Gasteiger partial charge in [0.15, 0.2) is 0 Å². The molecule has 0 fully saturated rings. The summed E-state index contributed by atoms with van der Waals surface area (Å²) in [6.45, 7) is 8.38. The highest BCUT2D eigenvalue weighted by molar-refractivity contribution is 7.20. The first-order valence-corrected chi connectivity index (χ1v) is 9.00. The summed E-state index contributed by atoms with van der Waals surface area (Å²) < 4.78 is 1.44. The standard InChI is InChI=1S/C19H21N3O2S/c1-6-22(14-8-11(2)7-12(3)9-14)19(24)16-13(4)15-17(25-16)20-10-21(5)18(15)23/h7-10H,6H2,1-5H3. The number of amides is 1. The number of benzene rings is 1. The van der Waals surface area contributed by atoms with Gasteiger partial charge >= 0.3 is 0 Å². The van der Waals surface area contributed by atoms with Crippen molar-refractivity contribution in [1.29, 1.82) is 0 Å². The predicted octanol–water partition coefficient (Wildman–Crippen LogP) is 3.59. The summed E-state index contributed by atoms with van der Waals surface area (Å²) in [6.07, 6.45) is 1.50. The fourth-order valence-electron chi connectivity index (χ4n) is 3.09. The minimum atomic E-state index is -0.118. The smallest absolute Gasteiger partial charge is 0.268 e. The van der Waals surface area contributed by atoms with Gasteiger partial charge in [0.05, 0.1) is 16.6 Å². The van der Waals surface area contributed by atoms with Gasteiger partial charge in [-0.15, -0.1) is 11.3 Å². The molecule has 0 aliphatic rings. The third-order valence-electron chi connectivity index (χ3n) is 4.28. The van der Waals surface area contributed by atoms with Crippen molar-refractivity contribution in [3.8, 4) is 0 Å². The molecule has 2 heterocycles. The van der Waals surface area contributed by atoms with Crippen LogP contribution in [0.4, 0.5) is 5.69 Å². The normalized spacial score (nSPS) is 11.1. The first kappa shape index (κ1) is 17.4. The summed E-state index contributed by atoms with van der Waals surface area (Å²) in [4.78, 5) is 32.8. The van der Waals surface area contributed by atoms with Crippen molar-refractivity contribution >= 4 is 33.1 Å². The van der Waals surface area contributed by atoms with Crippen LogP contribution in [0, 0.1) is 20.8 Å². The maximum atomic E-state index is 13.2. The zero-order chi connectivity index (χ0) is 18.3. The highest BCUT2D eigenvalue weighted by Crippen LogP contribution is 2.30. The van der Waals surface area contributed by atoms with Gasteiger partial charge in [-0.3, -0.25) is 9.59 Å². The SMILES string of the molecule is CCN(C(=O)c1sc2ncn(C)c(=O)c2c1C)c1cc(C)cc(C)c1. The number of thiophene rings is 1. The van der Waals surface area contributed by atoms with Crippen LogP contribution in [0.3, 0.4) is 0 Å². The molecule has 0 aliphatic carbocycles. The van der Waals surface area contributed by atoms with Crippen LogP contribution in [-0.2, 0) is 7.05 Å². The van der Waals surface area contributed by atoms with Gasteiger partial charge in [0.2, 0.25) is 0 Å². The molecule has 3 aromatic rings. The van der Waals surface area contributed by atoms with Gasteiger partial charge in [-0.05, 0) is 56.5 Å². The number of aryl methyl sites for hydroxylation is 4. The topological polar surface area (TPSA) is 55.2 Å². The summed E-state index contributed by atoms with van der Waals surface area (Å²) >= 11 is 1.29. The lowest BCUT2D eigenvalue weighted by molar-refractivity contribution is 0.0992. The summed E-state index contributed by atoms with van der Waals surface area (Å²) in [7, 11) is 1.67. The first-order valence-electron chi connectivity index (χ1n) is 8.18. The van der Waals surface area contributed by atoms with Crippen molar-refractivity contribution in [3.63, 3.8) is 0 Å². The number of carbonyl (C=O) groups excluding carboxylic acids is 1. The van der Waals surface area contributed by atoms with Gasteiger partial charge in [-0.1, -0.05) is 6.07 Å². The Morgan fingerprint density at radius 2 is 1.84 bits per heavy atom. The Morgan fingerprint density at radius 3 is 2.44 bits per heavy atom. The molecule has 2 aromatic heterocycles. The van der Waals surface area contributed by atoms with Crippen LogP contribution in [0.25, 0.3) is 10.2 Å². The molecule has 6 heteroatoms. The minimum absolute atomic E-state index is 0.0879. The van der Waals surface area contributed by atoms with E-state index in [1.165, 1.54) is 22.2 Å².